The summed E-state index contributed by atoms with van der Waals surface area (Å²) in [5.41, 5.74) is 3.32. The van der Waals surface area contributed by atoms with Crippen LogP contribution in [-0.4, -0.2) is 38.0 Å². The molecule has 0 saturated carbocycles. The largest absolute Gasteiger partial charge is 0.395 e. The van der Waals surface area contributed by atoms with Crippen LogP contribution in [0.15, 0.2) is 36.7 Å². The molecule has 4 rings (SSSR count). The van der Waals surface area contributed by atoms with Crippen molar-refractivity contribution in [1.29, 1.82) is 5.26 Å². The first kappa shape index (κ1) is 17.0. The molecule has 1 aromatic carbocycles. The molecule has 1 aliphatic heterocycles. The Bertz CT molecular complexity index is 1050. The van der Waals surface area contributed by atoms with Crippen molar-refractivity contribution in [2.24, 2.45) is 7.05 Å². The fourth-order valence-electron chi connectivity index (χ4n) is 3.24. The number of fused-ring (bicyclic) bond motifs is 1. The number of nitrogens with one attached hydrogen (secondary N) is 2. The number of aryl methyl sites for hydroxylation is 1. The molecule has 0 amide bonds. The lowest BCUT2D eigenvalue weighted by Gasteiger charge is -2.21. The van der Waals surface area contributed by atoms with E-state index in [0.29, 0.717) is 29.6 Å². The van der Waals surface area contributed by atoms with Crippen molar-refractivity contribution in [3.63, 3.8) is 0 Å². The van der Waals surface area contributed by atoms with Crippen LogP contribution in [0.1, 0.15) is 18.1 Å². The SMILES string of the molecule is Cn1ccc(Nc2nccc(-c3cc(C#N)c4c(c3)[C@](C)(CO)CN4)n2)n1. The third-order valence-corrected chi connectivity index (χ3v) is 4.82. The second kappa shape index (κ2) is 6.37. The molecular formula is C19H19N7O. The first-order valence-corrected chi connectivity index (χ1v) is 8.56. The Balaban J connectivity index is 1.75. The molecular weight excluding hydrogens is 342 g/mol. The van der Waals surface area contributed by atoms with Crippen LogP contribution in [0.4, 0.5) is 17.5 Å². The van der Waals surface area contributed by atoms with Crippen LogP contribution < -0.4 is 10.6 Å². The summed E-state index contributed by atoms with van der Waals surface area (Å²) < 4.78 is 1.69. The van der Waals surface area contributed by atoms with Crippen LogP contribution in [0.3, 0.4) is 0 Å². The summed E-state index contributed by atoms with van der Waals surface area (Å²) in [6.45, 7) is 2.57. The minimum Gasteiger partial charge on any atom is -0.395 e. The average molecular weight is 361 g/mol. The average Bonchev–Trinajstić information content (AvgIpc) is 3.25. The van der Waals surface area contributed by atoms with E-state index in [1.807, 2.05) is 38.4 Å². The number of aliphatic hydroxyl groups excluding tert-OH is 1. The van der Waals surface area contributed by atoms with E-state index in [2.05, 4.69) is 31.8 Å². The molecule has 136 valence electrons. The lowest BCUT2D eigenvalue weighted by molar-refractivity contribution is 0.219. The highest BCUT2D eigenvalue weighted by Gasteiger charge is 2.35. The van der Waals surface area contributed by atoms with Gasteiger partial charge in [0.15, 0.2) is 5.82 Å². The number of anilines is 3. The Morgan fingerprint density at radius 3 is 2.96 bits per heavy atom. The van der Waals surface area contributed by atoms with Gasteiger partial charge in [-0.1, -0.05) is 6.92 Å². The first-order chi connectivity index (χ1) is 13.0. The predicted octanol–water partition coefficient (Wildman–Crippen LogP) is 2.17. The van der Waals surface area contributed by atoms with Gasteiger partial charge in [0.1, 0.15) is 6.07 Å². The molecule has 3 N–H and O–H groups in total. The molecule has 8 nitrogen and oxygen atoms in total. The van der Waals surface area contributed by atoms with Gasteiger partial charge in [0.25, 0.3) is 0 Å². The predicted molar refractivity (Wildman–Crippen MR) is 102 cm³/mol. The smallest absolute Gasteiger partial charge is 0.228 e. The number of aliphatic hydroxyl groups is 1. The van der Waals surface area contributed by atoms with Crippen LogP contribution >= 0.6 is 0 Å². The molecule has 1 aliphatic rings. The molecule has 0 fully saturated rings. The third-order valence-electron chi connectivity index (χ3n) is 4.82. The molecule has 0 radical (unpaired) electrons. The van der Waals surface area contributed by atoms with E-state index in [1.165, 1.54) is 0 Å². The van der Waals surface area contributed by atoms with Gasteiger partial charge in [-0.2, -0.15) is 10.4 Å². The molecule has 1 atom stereocenters. The van der Waals surface area contributed by atoms with E-state index in [1.54, 1.807) is 16.9 Å². The van der Waals surface area contributed by atoms with Gasteiger partial charge in [0.05, 0.1) is 23.6 Å². The highest BCUT2D eigenvalue weighted by atomic mass is 16.3. The van der Waals surface area contributed by atoms with Gasteiger partial charge in [-0.3, -0.25) is 4.68 Å². The molecule has 0 bridgehead atoms. The molecule has 0 unspecified atom stereocenters. The molecule has 0 aliphatic carbocycles. The fourth-order valence-corrected chi connectivity index (χ4v) is 3.24. The number of hydrogen-bond acceptors (Lipinski definition) is 7. The zero-order chi connectivity index (χ0) is 19.0. The van der Waals surface area contributed by atoms with Crippen LogP contribution in [0.5, 0.6) is 0 Å². The Kier molecular flexibility index (Phi) is 4.01. The molecule has 3 heterocycles. The van der Waals surface area contributed by atoms with E-state index >= 15 is 0 Å². The van der Waals surface area contributed by atoms with Crippen LogP contribution in [0, 0.1) is 11.3 Å². The zero-order valence-electron chi connectivity index (χ0n) is 15.1. The van der Waals surface area contributed by atoms with E-state index < -0.39 is 5.41 Å². The lowest BCUT2D eigenvalue weighted by atomic mass is 9.83. The van der Waals surface area contributed by atoms with Crippen molar-refractivity contribution in [3.8, 4) is 17.3 Å². The van der Waals surface area contributed by atoms with Crippen molar-refractivity contribution in [2.45, 2.75) is 12.3 Å². The standard InChI is InChI=1S/C19H19N7O/c1-19(11-27)10-22-17-13(9-20)7-12(8-14(17)19)15-3-5-21-18(23-15)24-16-4-6-26(2)25-16/h3-8,22,27H,10-11H2,1-2H3,(H,21,23,24,25)/t19-/m0/s1. The number of nitrogens with zero attached hydrogens (tertiary/aromatic N) is 5. The topological polar surface area (TPSA) is 112 Å². The monoisotopic (exact) mass is 361 g/mol. The second-order valence-electron chi connectivity index (χ2n) is 6.90. The molecule has 8 heteroatoms. The number of nitriles is 1. The minimum atomic E-state index is -0.432. The van der Waals surface area contributed by atoms with Crippen LogP contribution in [0.2, 0.25) is 0 Å². The Labute approximate surface area is 156 Å². The van der Waals surface area contributed by atoms with Crippen molar-refractivity contribution < 1.29 is 5.11 Å². The van der Waals surface area contributed by atoms with E-state index in [-0.39, 0.29) is 6.61 Å². The molecule has 2 aromatic heterocycles. The highest BCUT2D eigenvalue weighted by Crippen LogP contribution is 2.41. The Hall–Kier alpha value is -3.44. The van der Waals surface area contributed by atoms with E-state index in [0.717, 1.165) is 16.8 Å². The van der Waals surface area contributed by atoms with Gasteiger partial charge < -0.3 is 15.7 Å². The molecule has 3 aromatic rings. The number of rotatable bonds is 4. The summed E-state index contributed by atoms with van der Waals surface area (Å²) in [7, 11) is 1.84. The quantitative estimate of drug-likeness (QED) is 0.653. The highest BCUT2D eigenvalue weighted by molar-refractivity contribution is 5.76. The second-order valence-corrected chi connectivity index (χ2v) is 6.90. The number of aromatic nitrogens is 4. The molecule has 0 saturated heterocycles. The lowest BCUT2D eigenvalue weighted by Crippen LogP contribution is -2.28. The summed E-state index contributed by atoms with van der Waals surface area (Å²) in [6.07, 6.45) is 3.49. The normalized spacial score (nSPS) is 17.9. The first-order valence-electron chi connectivity index (χ1n) is 8.56. The van der Waals surface area contributed by atoms with Crippen molar-refractivity contribution in [3.05, 3.63) is 47.8 Å². The number of benzene rings is 1. The minimum absolute atomic E-state index is 0.00240. The maximum atomic E-state index is 9.84. The maximum absolute atomic E-state index is 9.84. The third kappa shape index (κ3) is 2.98. The van der Waals surface area contributed by atoms with E-state index in [9.17, 15) is 10.4 Å². The number of hydrogen-bond donors (Lipinski definition) is 3. The fraction of sp³-hybridized carbons (Fsp3) is 0.263. The van der Waals surface area contributed by atoms with Gasteiger partial charge in [-0.05, 0) is 23.8 Å². The van der Waals surface area contributed by atoms with Gasteiger partial charge in [0.2, 0.25) is 5.95 Å². The summed E-state index contributed by atoms with van der Waals surface area (Å²) in [6, 6.07) is 9.66. The van der Waals surface area contributed by atoms with Crippen LogP contribution in [0.25, 0.3) is 11.3 Å². The Morgan fingerprint density at radius 2 is 2.26 bits per heavy atom. The van der Waals surface area contributed by atoms with Crippen molar-refractivity contribution in [1.82, 2.24) is 19.7 Å². The summed E-state index contributed by atoms with van der Waals surface area (Å²) in [4.78, 5) is 8.80. The van der Waals surface area contributed by atoms with Gasteiger partial charge in [-0.15, -0.1) is 0 Å². The van der Waals surface area contributed by atoms with Crippen LogP contribution in [-0.2, 0) is 12.5 Å². The molecule has 27 heavy (non-hydrogen) atoms. The summed E-state index contributed by atoms with van der Waals surface area (Å²) in [5.74, 6) is 1.08. The van der Waals surface area contributed by atoms with Crippen molar-refractivity contribution >= 4 is 17.5 Å². The summed E-state index contributed by atoms with van der Waals surface area (Å²) >= 11 is 0. The van der Waals surface area contributed by atoms with E-state index in [4.69, 9.17) is 0 Å². The zero-order valence-corrected chi connectivity index (χ0v) is 15.1. The maximum Gasteiger partial charge on any atom is 0.228 e. The van der Waals surface area contributed by atoms with Gasteiger partial charge in [0, 0.05) is 43.0 Å². The van der Waals surface area contributed by atoms with Gasteiger partial charge >= 0.3 is 0 Å². The Morgan fingerprint density at radius 1 is 1.41 bits per heavy atom. The summed E-state index contributed by atoms with van der Waals surface area (Å²) in [5, 5.41) is 30.0. The van der Waals surface area contributed by atoms with Crippen molar-refractivity contribution in [2.75, 3.05) is 23.8 Å². The van der Waals surface area contributed by atoms with Gasteiger partial charge in [-0.25, -0.2) is 9.97 Å². The molecule has 0 spiro atoms.